The number of rotatable bonds is 8. The monoisotopic (exact) mass is 216 g/mol. The van der Waals surface area contributed by atoms with Gasteiger partial charge in [-0.3, -0.25) is 4.79 Å². The number of carbonyl (C=O) groups excluding carboxylic acids is 1. The van der Waals surface area contributed by atoms with Crippen LogP contribution >= 0.6 is 0 Å². The summed E-state index contributed by atoms with van der Waals surface area (Å²) >= 11 is 0. The molecule has 1 unspecified atom stereocenters. The summed E-state index contributed by atoms with van der Waals surface area (Å²) in [6.07, 6.45) is 7.97. The van der Waals surface area contributed by atoms with Crippen LogP contribution in [0.15, 0.2) is 0 Å². The summed E-state index contributed by atoms with van der Waals surface area (Å²) in [4.78, 5) is 11.4. The standard InChI is InChI=1S/C11H24O2Si/c1-3-5-7-9-10(8-6-4-2)11(12)13-14/h10H,3-9H2,1-2,14H3. The highest BCUT2D eigenvalue weighted by molar-refractivity contribution is 6.05. The van der Waals surface area contributed by atoms with Gasteiger partial charge in [-0.25, -0.2) is 0 Å². The highest BCUT2D eigenvalue weighted by atomic mass is 28.2. The Morgan fingerprint density at radius 1 is 1.14 bits per heavy atom. The van der Waals surface area contributed by atoms with Gasteiger partial charge in [0.2, 0.25) is 10.5 Å². The molecule has 0 aliphatic rings. The molecule has 0 aliphatic carbocycles. The minimum atomic E-state index is 0.0428. The molecule has 2 nitrogen and oxygen atoms in total. The topological polar surface area (TPSA) is 26.3 Å². The lowest BCUT2D eigenvalue weighted by atomic mass is 9.96. The zero-order chi connectivity index (χ0) is 10.8. The smallest absolute Gasteiger partial charge is 0.294 e. The lowest BCUT2D eigenvalue weighted by Crippen LogP contribution is -2.16. The average molecular weight is 216 g/mol. The van der Waals surface area contributed by atoms with E-state index < -0.39 is 0 Å². The molecular weight excluding hydrogens is 192 g/mol. The largest absolute Gasteiger partial charge is 0.529 e. The summed E-state index contributed by atoms with van der Waals surface area (Å²) in [6.45, 7) is 4.35. The van der Waals surface area contributed by atoms with Crippen molar-refractivity contribution >= 4 is 16.5 Å². The third kappa shape index (κ3) is 6.19. The van der Waals surface area contributed by atoms with Crippen LogP contribution in [0.1, 0.15) is 58.8 Å². The molecule has 0 fully saturated rings. The summed E-state index contributed by atoms with van der Waals surface area (Å²) < 4.78 is 4.94. The zero-order valence-corrected chi connectivity index (χ0v) is 11.8. The van der Waals surface area contributed by atoms with Crippen LogP contribution in [0.5, 0.6) is 0 Å². The molecule has 0 N–H and O–H groups in total. The van der Waals surface area contributed by atoms with Crippen LogP contribution in [-0.2, 0) is 9.22 Å². The minimum absolute atomic E-state index is 0.0428. The van der Waals surface area contributed by atoms with Gasteiger partial charge in [-0.05, 0) is 12.8 Å². The zero-order valence-electron chi connectivity index (χ0n) is 9.84. The quantitative estimate of drug-likeness (QED) is 0.459. The van der Waals surface area contributed by atoms with Crippen LogP contribution < -0.4 is 0 Å². The van der Waals surface area contributed by atoms with E-state index in [-0.39, 0.29) is 11.9 Å². The summed E-state index contributed by atoms with van der Waals surface area (Å²) in [6, 6.07) is 0. The molecule has 0 aromatic carbocycles. The van der Waals surface area contributed by atoms with Gasteiger partial charge in [0.15, 0.2) is 0 Å². The van der Waals surface area contributed by atoms with E-state index in [9.17, 15) is 4.79 Å². The number of unbranched alkanes of at least 4 members (excludes halogenated alkanes) is 3. The summed E-state index contributed by atoms with van der Waals surface area (Å²) in [7, 11) is 0.539. The average Bonchev–Trinajstić information content (AvgIpc) is 2.22. The first-order valence-corrected chi connectivity index (χ1v) is 6.65. The van der Waals surface area contributed by atoms with E-state index in [4.69, 9.17) is 4.43 Å². The number of hydrogen-bond donors (Lipinski definition) is 0. The van der Waals surface area contributed by atoms with Crippen LogP contribution in [0.3, 0.4) is 0 Å². The van der Waals surface area contributed by atoms with E-state index in [2.05, 4.69) is 13.8 Å². The van der Waals surface area contributed by atoms with Gasteiger partial charge in [0.25, 0.3) is 5.97 Å². The SMILES string of the molecule is CCCCCC(CCCC)C(=O)O[SiH3]. The van der Waals surface area contributed by atoms with Gasteiger partial charge in [0, 0.05) is 0 Å². The van der Waals surface area contributed by atoms with Gasteiger partial charge in [-0.2, -0.15) is 0 Å². The molecule has 0 bridgehead atoms. The van der Waals surface area contributed by atoms with E-state index in [1.54, 1.807) is 0 Å². The van der Waals surface area contributed by atoms with Crippen molar-refractivity contribution in [2.45, 2.75) is 58.8 Å². The Hall–Kier alpha value is -0.313. The molecule has 0 rings (SSSR count). The van der Waals surface area contributed by atoms with Crippen molar-refractivity contribution < 1.29 is 9.22 Å². The third-order valence-electron chi connectivity index (χ3n) is 2.60. The van der Waals surface area contributed by atoms with Crippen LogP contribution in [-0.4, -0.2) is 16.5 Å². The fourth-order valence-corrected chi connectivity index (χ4v) is 1.97. The molecule has 0 saturated carbocycles. The van der Waals surface area contributed by atoms with E-state index in [0.717, 1.165) is 19.3 Å². The highest BCUT2D eigenvalue weighted by Crippen LogP contribution is 2.17. The molecule has 14 heavy (non-hydrogen) atoms. The maximum atomic E-state index is 11.4. The van der Waals surface area contributed by atoms with Crippen molar-refractivity contribution in [3.63, 3.8) is 0 Å². The van der Waals surface area contributed by atoms with Crippen LogP contribution in [0.4, 0.5) is 0 Å². The van der Waals surface area contributed by atoms with Crippen LogP contribution in [0.25, 0.3) is 0 Å². The summed E-state index contributed by atoms with van der Waals surface area (Å²) in [5.41, 5.74) is 0. The molecule has 0 radical (unpaired) electrons. The summed E-state index contributed by atoms with van der Waals surface area (Å²) in [5.74, 6) is 0.222. The molecule has 0 aromatic rings. The van der Waals surface area contributed by atoms with Crippen molar-refractivity contribution in [3.05, 3.63) is 0 Å². The second-order valence-corrected chi connectivity index (χ2v) is 4.27. The maximum absolute atomic E-state index is 11.4. The number of carbonyl (C=O) groups is 1. The lowest BCUT2D eigenvalue weighted by Gasteiger charge is -2.14. The first-order chi connectivity index (χ1) is 6.76. The van der Waals surface area contributed by atoms with E-state index in [1.165, 1.54) is 25.7 Å². The first-order valence-electron chi connectivity index (χ1n) is 5.84. The van der Waals surface area contributed by atoms with Crippen LogP contribution in [0.2, 0.25) is 0 Å². The molecule has 0 spiro atoms. The van der Waals surface area contributed by atoms with E-state index in [0.29, 0.717) is 10.5 Å². The summed E-state index contributed by atoms with van der Waals surface area (Å²) in [5, 5.41) is 0. The van der Waals surface area contributed by atoms with Crippen molar-refractivity contribution in [2.24, 2.45) is 5.92 Å². The Labute approximate surface area is 91.0 Å². The maximum Gasteiger partial charge on any atom is 0.294 e. The van der Waals surface area contributed by atoms with E-state index >= 15 is 0 Å². The number of hydrogen-bond acceptors (Lipinski definition) is 2. The Bertz CT molecular complexity index is 148. The molecule has 0 aromatic heterocycles. The molecular formula is C11H24O2Si. The normalized spacial score (nSPS) is 12.7. The van der Waals surface area contributed by atoms with Gasteiger partial charge < -0.3 is 4.43 Å². The van der Waals surface area contributed by atoms with Crippen LogP contribution in [0, 0.1) is 5.92 Å². The second-order valence-electron chi connectivity index (χ2n) is 3.86. The molecule has 0 saturated heterocycles. The fourth-order valence-electron chi connectivity index (χ4n) is 1.64. The first kappa shape index (κ1) is 13.7. The fraction of sp³-hybridized carbons (Fsp3) is 0.909. The van der Waals surface area contributed by atoms with E-state index in [1.807, 2.05) is 0 Å². The Kier molecular flexibility index (Phi) is 9.04. The third-order valence-corrected chi connectivity index (χ3v) is 3.00. The van der Waals surface area contributed by atoms with Crippen molar-refractivity contribution in [2.75, 3.05) is 0 Å². The van der Waals surface area contributed by atoms with Gasteiger partial charge >= 0.3 is 0 Å². The predicted molar refractivity (Wildman–Crippen MR) is 63.2 cm³/mol. The Morgan fingerprint density at radius 2 is 1.71 bits per heavy atom. The molecule has 84 valence electrons. The Morgan fingerprint density at radius 3 is 2.21 bits per heavy atom. The molecule has 0 amide bonds. The van der Waals surface area contributed by atoms with Crippen molar-refractivity contribution in [1.82, 2.24) is 0 Å². The molecule has 0 heterocycles. The molecule has 0 aliphatic heterocycles. The molecule has 3 heteroatoms. The second kappa shape index (κ2) is 9.25. The van der Waals surface area contributed by atoms with Gasteiger partial charge in [0.1, 0.15) is 0 Å². The highest BCUT2D eigenvalue weighted by Gasteiger charge is 2.16. The minimum Gasteiger partial charge on any atom is -0.529 e. The van der Waals surface area contributed by atoms with Gasteiger partial charge in [0.05, 0.1) is 5.92 Å². The molecule has 1 atom stereocenters. The predicted octanol–water partition coefficient (Wildman–Crippen LogP) is 2.20. The van der Waals surface area contributed by atoms with Crippen molar-refractivity contribution in [1.29, 1.82) is 0 Å². The van der Waals surface area contributed by atoms with Gasteiger partial charge in [-0.15, -0.1) is 0 Å². The lowest BCUT2D eigenvalue weighted by molar-refractivity contribution is -0.139. The van der Waals surface area contributed by atoms with Crippen molar-refractivity contribution in [3.8, 4) is 0 Å². The Balaban J connectivity index is 3.78. The van der Waals surface area contributed by atoms with Gasteiger partial charge in [-0.1, -0.05) is 46.0 Å².